The molecule has 0 bridgehead atoms. The lowest BCUT2D eigenvalue weighted by atomic mass is 9.74. The van der Waals surface area contributed by atoms with Crippen LogP contribution in [-0.2, 0) is 4.79 Å². The van der Waals surface area contributed by atoms with Gasteiger partial charge in [0.15, 0.2) is 11.5 Å². The number of ether oxygens (including phenoxy) is 2. The maximum absolute atomic E-state index is 12.4. The second-order valence-electron chi connectivity index (χ2n) is 6.02. The fraction of sp³-hybridized carbons (Fsp3) is 0.500. The molecule has 0 atom stereocenters. The van der Waals surface area contributed by atoms with Crippen LogP contribution >= 0.6 is 15.9 Å². The summed E-state index contributed by atoms with van der Waals surface area (Å²) in [5.74, 6) is -0.0504. The number of aliphatic carboxylic acids is 1. The third-order valence-corrected chi connectivity index (χ3v) is 5.13. The number of rotatable bonds is 4. The van der Waals surface area contributed by atoms with E-state index < -0.39 is 11.4 Å². The number of halogens is 1. The predicted molar refractivity (Wildman–Crippen MR) is 85.8 cm³/mol. The Balaban J connectivity index is 1.72. The van der Waals surface area contributed by atoms with E-state index in [4.69, 9.17) is 9.47 Å². The number of carboxylic acid groups (broad SMARTS) is 1. The smallest absolute Gasteiger partial charge is 0.311 e. The van der Waals surface area contributed by atoms with Crippen molar-refractivity contribution < 1.29 is 24.2 Å². The number of carboxylic acids is 1. The molecule has 1 aromatic rings. The van der Waals surface area contributed by atoms with Crippen LogP contribution in [0.3, 0.4) is 0 Å². The molecule has 3 rings (SSSR count). The first-order chi connectivity index (χ1) is 11.0. The molecule has 23 heavy (non-hydrogen) atoms. The van der Waals surface area contributed by atoms with E-state index in [0.29, 0.717) is 34.4 Å². The lowest BCUT2D eigenvalue weighted by molar-refractivity contribution is -0.150. The van der Waals surface area contributed by atoms with Crippen molar-refractivity contribution in [3.05, 3.63) is 22.2 Å². The van der Waals surface area contributed by atoms with Crippen molar-refractivity contribution in [1.82, 2.24) is 5.32 Å². The summed E-state index contributed by atoms with van der Waals surface area (Å²) in [4.78, 5) is 24.0. The third kappa shape index (κ3) is 3.15. The summed E-state index contributed by atoms with van der Waals surface area (Å²) in [5, 5.41) is 12.3. The first-order valence-corrected chi connectivity index (χ1v) is 8.42. The molecule has 7 heteroatoms. The van der Waals surface area contributed by atoms with Crippen LogP contribution in [0.15, 0.2) is 16.6 Å². The summed E-state index contributed by atoms with van der Waals surface area (Å²) in [7, 11) is 0. The third-order valence-electron chi connectivity index (χ3n) is 4.54. The molecule has 1 heterocycles. The molecule has 1 saturated carbocycles. The summed E-state index contributed by atoms with van der Waals surface area (Å²) in [6.45, 7) is 0.272. The van der Waals surface area contributed by atoms with Gasteiger partial charge in [-0.3, -0.25) is 9.59 Å². The van der Waals surface area contributed by atoms with Gasteiger partial charge in [0.05, 0.1) is 9.89 Å². The molecule has 1 amide bonds. The van der Waals surface area contributed by atoms with Crippen molar-refractivity contribution in [3.8, 4) is 11.5 Å². The van der Waals surface area contributed by atoms with Gasteiger partial charge in [0, 0.05) is 12.1 Å². The second-order valence-corrected chi connectivity index (χ2v) is 6.88. The fourth-order valence-corrected chi connectivity index (χ4v) is 3.70. The molecule has 0 spiro atoms. The highest BCUT2D eigenvalue weighted by Gasteiger charge is 2.39. The van der Waals surface area contributed by atoms with Crippen molar-refractivity contribution in [2.45, 2.75) is 32.1 Å². The normalized spacial score (nSPS) is 18.5. The van der Waals surface area contributed by atoms with Gasteiger partial charge >= 0.3 is 5.97 Å². The number of nitrogens with one attached hydrogen (secondary N) is 1. The molecule has 2 N–H and O–H groups in total. The minimum atomic E-state index is -0.846. The Morgan fingerprint density at radius 1 is 1.22 bits per heavy atom. The van der Waals surface area contributed by atoms with E-state index in [-0.39, 0.29) is 19.2 Å². The van der Waals surface area contributed by atoms with E-state index in [1.165, 1.54) is 0 Å². The van der Waals surface area contributed by atoms with Crippen molar-refractivity contribution in [1.29, 1.82) is 0 Å². The monoisotopic (exact) mass is 383 g/mol. The van der Waals surface area contributed by atoms with Crippen molar-refractivity contribution >= 4 is 27.8 Å². The lowest BCUT2D eigenvalue weighted by Crippen LogP contribution is -2.44. The lowest BCUT2D eigenvalue weighted by Gasteiger charge is -2.33. The minimum absolute atomic E-state index is 0.126. The standard InChI is InChI=1S/C16H18BrNO5/c17-11-6-10(7-12-13(11)23-9-22-12)14(19)18-8-16(15(20)21)4-2-1-3-5-16/h6-7H,1-5,8-9H2,(H,18,19)(H,20,21). The van der Waals surface area contributed by atoms with Gasteiger partial charge < -0.3 is 19.9 Å². The molecule has 0 radical (unpaired) electrons. The van der Waals surface area contributed by atoms with Gasteiger partial charge in [0.2, 0.25) is 6.79 Å². The Morgan fingerprint density at radius 3 is 2.65 bits per heavy atom. The molecule has 0 unspecified atom stereocenters. The van der Waals surface area contributed by atoms with Gasteiger partial charge in [-0.15, -0.1) is 0 Å². The molecule has 1 fully saturated rings. The van der Waals surface area contributed by atoms with Gasteiger partial charge in [-0.25, -0.2) is 0 Å². The highest BCUT2D eigenvalue weighted by atomic mass is 79.9. The van der Waals surface area contributed by atoms with E-state index in [2.05, 4.69) is 21.2 Å². The van der Waals surface area contributed by atoms with Gasteiger partial charge in [0.1, 0.15) is 0 Å². The Labute approximate surface area is 142 Å². The van der Waals surface area contributed by atoms with Crippen LogP contribution in [0.1, 0.15) is 42.5 Å². The SMILES string of the molecule is O=C(NCC1(C(=O)O)CCCCC1)c1cc(Br)c2c(c1)OCO2. The number of benzene rings is 1. The molecule has 1 aromatic carbocycles. The summed E-state index contributed by atoms with van der Waals surface area (Å²) < 4.78 is 11.2. The highest BCUT2D eigenvalue weighted by molar-refractivity contribution is 9.10. The van der Waals surface area contributed by atoms with Crippen LogP contribution in [0.25, 0.3) is 0 Å². The first-order valence-electron chi connectivity index (χ1n) is 7.63. The molecular formula is C16H18BrNO5. The number of carbonyl (C=O) groups is 2. The topological polar surface area (TPSA) is 84.9 Å². The highest BCUT2D eigenvalue weighted by Crippen LogP contribution is 2.40. The summed E-state index contributed by atoms with van der Waals surface area (Å²) in [6.07, 6.45) is 4.04. The number of amides is 1. The van der Waals surface area contributed by atoms with Crippen molar-refractivity contribution in [3.63, 3.8) is 0 Å². The zero-order chi connectivity index (χ0) is 16.4. The molecule has 0 aromatic heterocycles. The zero-order valence-corrected chi connectivity index (χ0v) is 14.1. The Bertz CT molecular complexity index is 640. The maximum atomic E-state index is 12.4. The number of fused-ring (bicyclic) bond motifs is 1. The van der Waals surface area contributed by atoms with Gasteiger partial charge in [0.25, 0.3) is 5.91 Å². The van der Waals surface area contributed by atoms with Gasteiger partial charge in [-0.05, 0) is 40.9 Å². The van der Waals surface area contributed by atoms with E-state index in [1.807, 2.05) is 0 Å². The fourth-order valence-electron chi connectivity index (χ4n) is 3.14. The number of hydrogen-bond donors (Lipinski definition) is 2. The average Bonchev–Trinajstić information content (AvgIpc) is 3.02. The quantitative estimate of drug-likeness (QED) is 0.834. The average molecular weight is 384 g/mol. The summed E-state index contributed by atoms with van der Waals surface area (Å²) in [5.41, 5.74) is -0.431. The van der Waals surface area contributed by atoms with Gasteiger partial charge in [-0.2, -0.15) is 0 Å². The minimum Gasteiger partial charge on any atom is -0.481 e. The van der Waals surface area contributed by atoms with Gasteiger partial charge in [-0.1, -0.05) is 19.3 Å². The molecule has 124 valence electrons. The number of carbonyl (C=O) groups excluding carboxylic acids is 1. The van der Waals surface area contributed by atoms with Crippen LogP contribution in [0.5, 0.6) is 11.5 Å². The Kier molecular flexibility index (Phi) is 4.48. The second kappa shape index (κ2) is 6.39. The van der Waals surface area contributed by atoms with Crippen molar-refractivity contribution in [2.24, 2.45) is 5.41 Å². The summed E-state index contributed by atoms with van der Waals surface area (Å²) in [6, 6.07) is 3.26. The molecule has 1 aliphatic heterocycles. The van der Waals surface area contributed by atoms with Crippen LogP contribution in [0, 0.1) is 5.41 Å². The van der Waals surface area contributed by atoms with Crippen LogP contribution in [-0.4, -0.2) is 30.3 Å². The van der Waals surface area contributed by atoms with E-state index >= 15 is 0 Å². The molecule has 1 aliphatic carbocycles. The Morgan fingerprint density at radius 2 is 1.96 bits per heavy atom. The maximum Gasteiger partial charge on any atom is 0.311 e. The largest absolute Gasteiger partial charge is 0.481 e. The Hall–Kier alpha value is -1.76. The summed E-state index contributed by atoms with van der Waals surface area (Å²) >= 11 is 3.35. The van der Waals surface area contributed by atoms with Crippen LogP contribution in [0.4, 0.5) is 0 Å². The molecule has 2 aliphatic rings. The van der Waals surface area contributed by atoms with Crippen LogP contribution < -0.4 is 14.8 Å². The van der Waals surface area contributed by atoms with E-state index in [9.17, 15) is 14.7 Å². The molecular weight excluding hydrogens is 366 g/mol. The van der Waals surface area contributed by atoms with E-state index in [1.54, 1.807) is 12.1 Å². The first kappa shape index (κ1) is 16.1. The predicted octanol–water partition coefficient (Wildman–Crippen LogP) is 2.94. The molecule has 0 saturated heterocycles. The molecule has 6 nitrogen and oxygen atoms in total. The van der Waals surface area contributed by atoms with Crippen LogP contribution in [0.2, 0.25) is 0 Å². The number of hydrogen-bond acceptors (Lipinski definition) is 4. The van der Waals surface area contributed by atoms with E-state index in [0.717, 1.165) is 19.3 Å². The van der Waals surface area contributed by atoms with Crippen molar-refractivity contribution in [2.75, 3.05) is 13.3 Å². The zero-order valence-electron chi connectivity index (χ0n) is 12.6.